The predicted octanol–water partition coefficient (Wildman–Crippen LogP) is 1.02. The van der Waals surface area contributed by atoms with Crippen LogP contribution in [0.3, 0.4) is 0 Å². The summed E-state index contributed by atoms with van der Waals surface area (Å²) in [6, 6.07) is 0.791. The zero-order chi connectivity index (χ0) is 7.68. The molecular weight excluding hydrogens is 138 g/mol. The van der Waals surface area contributed by atoms with E-state index in [1.165, 1.54) is 12.8 Å². The van der Waals surface area contributed by atoms with Crippen LogP contribution in [-0.4, -0.2) is 25.8 Å². The third-order valence-electron chi connectivity index (χ3n) is 3.00. The van der Waals surface area contributed by atoms with Gasteiger partial charge in [0.05, 0.1) is 0 Å². The van der Waals surface area contributed by atoms with Crippen LogP contribution in [0.5, 0.6) is 0 Å². The molecule has 2 heteroatoms. The average molecular weight is 155 g/mol. The molecule has 2 rings (SSSR count). The second-order valence-corrected chi connectivity index (χ2v) is 3.78. The lowest BCUT2D eigenvalue weighted by molar-refractivity contribution is 0.169. The molecule has 1 aliphatic carbocycles. The smallest absolute Gasteiger partial charge is 0.0498 e. The highest BCUT2D eigenvalue weighted by Gasteiger charge is 2.37. The van der Waals surface area contributed by atoms with Crippen LogP contribution in [0, 0.1) is 11.8 Å². The SMILES string of the molecule is CCNC1C[C@H]2COC[C@@H]2C1. The summed E-state index contributed by atoms with van der Waals surface area (Å²) in [5, 5.41) is 3.52. The standard InChI is InChI=1S/C9H17NO/c1-2-10-9-3-7-5-11-6-8(7)4-9/h7-10H,2-6H2,1H3/t7-,8-/m0/s1. The number of hydrogen-bond donors (Lipinski definition) is 1. The van der Waals surface area contributed by atoms with Crippen molar-refractivity contribution in [3.63, 3.8) is 0 Å². The number of hydrogen-bond acceptors (Lipinski definition) is 2. The van der Waals surface area contributed by atoms with Crippen molar-refractivity contribution in [3.8, 4) is 0 Å². The van der Waals surface area contributed by atoms with Crippen molar-refractivity contribution in [2.45, 2.75) is 25.8 Å². The molecule has 1 saturated carbocycles. The molecule has 1 heterocycles. The van der Waals surface area contributed by atoms with Crippen molar-refractivity contribution in [2.24, 2.45) is 11.8 Å². The van der Waals surface area contributed by atoms with Crippen molar-refractivity contribution in [1.82, 2.24) is 5.32 Å². The molecule has 1 saturated heterocycles. The van der Waals surface area contributed by atoms with Gasteiger partial charge in [0.1, 0.15) is 0 Å². The average Bonchev–Trinajstić information content (AvgIpc) is 2.46. The summed E-state index contributed by atoms with van der Waals surface area (Å²) >= 11 is 0. The highest BCUT2D eigenvalue weighted by atomic mass is 16.5. The molecule has 1 N–H and O–H groups in total. The van der Waals surface area contributed by atoms with E-state index in [4.69, 9.17) is 4.74 Å². The Hall–Kier alpha value is -0.0800. The molecule has 0 spiro atoms. The largest absolute Gasteiger partial charge is 0.381 e. The van der Waals surface area contributed by atoms with E-state index in [2.05, 4.69) is 12.2 Å². The lowest BCUT2D eigenvalue weighted by Gasteiger charge is -2.10. The second kappa shape index (κ2) is 3.11. The summed E-state index contributed by atoms with van der Waals surface area (Å²) < 4.78 is 5.41. The molecule has 2 aliphatic rings. The van der Waals surface area contributed by atoms with Gasteiger partial charge in [-0.25, -0.2) is 0 Å². The Balaban J connectivity index is 1.84. The number of ether oxygens (including phenoxy) is 1. The number of nitrogens with one attached hydrogen (secondary N) is 1. The summed E-state index contributed by atoms with van der Waals surface area (Å²) in [4.78, 5) is 0. The summed E-state index contributed by atoms with van der Waals surface area (Å²) in [5.74, 6) is 1.75. The fraction of sp³-hybridized carbons (Fsp3) is 1.00. The second-order valence-electron chi connectivity index (χ2n) is 3.78. The first-order chi connectivity index (χ1) is 5.40. The van der Waals surface area contributed by atoms with Gasteiger partial charge in [0.25, 0.3) is 0 Å². The van der Waals surface area contributed by atoms with Gasteiger partial charge in [-0.3, -0.25) is 0 Å². The van der Waals surface area contributed by atoms with E-state index in [1.807, 2.05) is 0 Å². The van der Waals surface area contributed by atoms with Crippen molar-refractivity contribution in [3.05, 3.63) is 0 Å². The van der Waals surface area contributed by atoms with E-state index in [0.29, 0.717) is 0 Å². The van der Waals surface area contributed by atoms with Crippen LogP contribution in [0.25, 0.3) is 0 Å². The number of rotatable bonds is 2. The summed E-state index contributed by atoms with van der Waals surface area (Å²) in [6.45, 7) is 5.34. The monoisotopic (exact) mass is 155 g/mol. The van der Waals surface area contributed by atoms with E-state index in [0.717, 1.165) is 37.6 Å². The van der Waals surface area contributed by atoms with Gasteiger partial charge in [-0.05, 0) is 31.2 Å². The summed E-state index contributed by atoms with van der Waals surface area (Å²) in [7, 11) is 0. The predicted molar refractivity (Wildman–Crippen MR) is 44.5 cm³/mol. The van der Waals surface area contributed by atoms with Crippen molar-refractivity contribution >= 4 is 0 Å². The maximum Gasteiger partial charge on any atom is 0.0498 e. The maximum atomic E-state index is 5.41. The minimum atomic E-state index is 0.791. The van der Waals surface area contributed by atoms with Crippen LogP contribution in [0.4, 0.5) is 0 Å². The lowest BCUT2D eigenvalue weighted by atomic mass is 10.0. The zero-order valence-corrected chi connectivity index (χ0v) is 7.18. The zero-order valence-electron chi connectivity index (χ0n) is 7.18. The lowest BCUT2D eigenvalue weighted by Crippen LogP contribution is -2.26. The third kappa shape index (κ3) is 1.42. The highest BCUT2D eigenvalue weighted by Crippen LogP contribution is 2.36. The molecule has 0 aromatic carbocycles. The van der Waals surface area contributed by atoms with Crippen LogP contribution in [-0.2, 0) is 4.74 Å². The molecule has 0 aromatic rings. The molecule has 2 nitrogen and oxygen atoms in total. The van der Waals surface area contributed by atoms with Gasteiger partial charge < -0.3 is 10.1 Å². The molecule has 0 unspecified atom stereocenters. The van der Waals surface area contributed by atoms with Crippen molar-refractivity contribution < 1.29 is 4.74 Å². The van der Waals surface area contributed by atoms with Gasteiger partial charge in [-0.1, -0.05) is 6.92 Å². The fourth-order valence-electron chi connectivity index (χ4n) is 2.45. The van der Waals surface area contributed by atoms with Gasteiger partial charge in [0.15, 0.2) is 0 Å². The van der Waals surface area contributed by atoms with Crippen LogP contribution in [0.1, 0.15) is 19.8 Å². The highest BCUT2D eigenvalue weighted by molar-refractivity contribution is 4.89. The van der Waals surface area contributed by atoms with Crippen LogP contribution in [0.15, 0.2) is 0 Å². The minimum Gasteiger partial charge on any atom is -0.381 e. The van der Waals surface area contributed by atoms with E-state index in [1.54, 1.807) is 0 Å². The van der Waals surface area contributed by atoms with Crippen LogP contribution in [0.2, 0.25) is 0 Å². The first-order valence-electron chi connectivity index (χ1n) is 4.71. The first kappa shape index (κ1) is 7.56. The number of fused-ring (bicyclic) bond motifs is 1. The van der Waals surface area contributed by atoms with Crippen molar-refractivity contribution in [1.29, 1.82) is 0 Å². The third-order valence-corrected chi connectivity index (χ3v) is 3.00. The van der Waals surface area contributed by atoms with Gasteiger partial charge in [-0.15, -0.1) is 0 Å². The molecule has 2 fully saturated rings. The van der Waals surface area contributed by atoms with Crippen molar-refractivity contribution in [2.75, 3.05) is 19.8 Å². The Morgan fingerprint density at radius 2 is 1.91 bits per heavy atom. The Morgan fingerprint density at radius 1 is 1.27 bits per heavy atom. The minimum absolute atomic E-state index is 0.791. The van der Waals surface area contributed by atoms with Gasteiger partial charge in [-0.2, -0.15) is 0 Å². The van der Waals surface area contributed by atoms with Gasteiger partial charge in [0, 0.05) is 19.3 Å². The summed E-state index contributed by atoms with van der Waals surface area (Å²) in [5.41, 5.74) is 0. The molecule has 2 atom stereocenters. The molecule has 64 valence electrons. The van der Waals surface area contributed by atoms with Crippen LogP contribution >= 0.6 is 0 Å². The Bertz CT molecular complexity index is 126. The van der Waals surface area contributed by atoms with Crippen LogP contribution < -0.4 is 5.32 Å². The molecule has 11 heavy (non-hydrogen) atoms. The normalized spacial score (nSPS) is 37.9. The molecular formula is C9H17NO. The van der Waals surface area contributed by atoms with E-state index in [-0.39, 0.29) is 0 Å². The molecule has 0 bridgehead atoms. The van der Waals surface area contributed by atoms with Gasteiger partial charge in [0.2, 0.25) is 0 Å². The van der Waals surface area contributed by atoms with E-state index < -0.39 is 0 Å². The molecule has 0 aromatic heterocycles. The molecule has 0 amide bonds. The van der Waals surface area contributed by atoms with E-state index >= 15 is 0 Å². The fourth-order valence-corrected chi connectivity index (χ4v) is 2.45. The Labute approximate surface area is 68.3 Å². The first-order valence-corrected chi connectivity index (χ1v) is 4.71. The molecule has 0 radical (unpaired) electrons. The van der Waals surface area contributed by atoms with Gasteiger partial charge >= 0.3 is 0 Å². The summed E-state index contributed by atoms with van der Waals surface area (Å²) in [6.07, 6.45) is 2.69. The topological polar surface area (TPSA) is 21.3 Å². The molecule has 1 aliphatic heterocycles. The maximum absolute atomic E-state index is 5.41. The van der Waals surface area contributed by atoms with E-state index in [9.17, 15) is 0 Å². The Kier molecular flexibility index (Phi) is 2.14. The Morgan fingerprint density at radius 3 is 2.45 bits per heavy atom. The quantitative estimate of drug-likeness (QED) is 0.643.